The van der Waals surface area contributed by atoms with Crippen molar-refractivity contribution in [3.05, 3.63) is 48.5 Å². The van der Waals surface area contributed by atoms with Gasteiger partial charge in [-0.15, -0.1) is 10.2 Å². The fourth-order valence-corrected chi connectivity index (χ4v) is 6.31. The van der Waals surface area contributed by atoms with Crippen molar-refractivity contribution in [3.63, 3.8) is 0 Å². The molecule has 0 N–H and O–H groups in total. The number of methoxy groups -OCH3 is 2. The van der Waals surface area contributed by atoms with Crippen LogP contribution in [-0.4, -0.2) is 58.1 Å². The molecular weight excluding hydrogens is 460 g/mol. The van der Waals surface area contributed by atoms with Gasteiger partial charge in [-0.25, -0.2) is 0 Å². The molecule has 1 aromatic heterocycles. The molecule has 1 amide bonds. The van der Waals surface area contributed by atoms with Gasteiger partial charge < -0.3 is 14.4 Å². The number of rotatable bonds is 7. The first-order chi connectivity index (χ1) is 17.2. The predicted molar refractivity (Wildman–Crippen MR) is 137 cm³/mol. The van der Waals surface area contributed by atoms with Gasteiger partial charge in [-0.3, -0.25) is 9.36 Å². The first-order valence-corrected chi connectivity index (χ1v) is 13.3. The van der Waals surface area contributed by atoms with E-state index in [1.54, 1.807) is 14.2 Å². The van der Waals surface area contributed by atoms with Crippen LogP contribution in [0.2, 0.25) is 0 Å². The highest BCUT2D eigenvalue weighted by Gasteiger charge is 2.35. The van der Waals surface area contributed by atoms with E-state index < -0.39 is 0 Å². The molecule has 1 aliphatic heterocycles. The van der Waals surface area contributed by atoms with Crippen LogP contribution in [0.1, 0.15) is 38.5 Å². The van der Waals surface area contributed by atoms with Crippen molar-refractivity contribution < 1.29 is 14.3 Å². The zero-order valence-corrected chi connectivity index (χ0v) is 21.2. The zero-order chi connectivity index (χ0) is 24.2. The molecule has 1 saturated heterocycles. The van der Waals surface area contributed by atoms with Gasteiger partial charge in [0.1, 0.15) is 11.5 Å². The molecule has 0 radical (unpaired) electrons. The Bertz CT molecular complexity index is 1160. The number of carbonyl (C=O) groups excluding carboxylic acids is 1. The van der Waals surface area contributed by atoms with E-state index in [0.29, 0.717) is 28.7 Å². The van der Waals surface area contributed by atoms with E-state index in [-0.39, 0.29) is 5.91 Å². The third-order valence-electron chi connectivity index (χ3n) is 7.20. The van der Waals surface area contributed by atoms with Crippen molar-refractivity contribution in [2.45, 2.75) is 49.7 Å². The molecule has 2 aliphatic rings. The van der Waals surface area contributed by atoms with Crippen molar-refractivity contribution in [3.8, 4) is 28.6 Å². The summed E-state index contributed by atoms with van der Waals surface area (Å²) in [6.45, 7) is 0.873. The number of likely N-dealkylation sites (tertiary alicyclic amines) is 1. The molecule has 35 heavy (non-hydrogen) atoms. The van der Waals surface area contributed by atoms with Gasteiger partial charge in [0, 0.05) is 12.6 Å². The van der Waals surface area contributed by atoms with E-state index in [1.807, 2.05) is 53.1 Å². The van der Waals surface area contributed by atoms with Crippen molar-refractivity contribution in [1.82, 2.24) is 19.7 Å². The van der Waals surface area contributed by atoms with Gasteiger partial charge in [-0.1, -0.05) is 36.7 Å². The average molecular weight is 493 g/mol. The molecular formula is C27H32N4O3S. The maximum Gasteiger partial charge on any atom is 0.233 e. The van der Waals surface area contributed by atoms with Crippen LogP contribution in [0.25, 0.3) is 17.1 Å². The lowest BCUT2D eigenvalue weighted by atomic mass is 9.78. The third-order valence-corrected chi connectivity index (χ3v) is 8.11. The van der Waals surface area contributed by atoms with Crippen LogP contribution in [0.5, 0.6) is 11.5 Å². The number of thioether (sulfide) groups is 1. The Hall–Kier alpha value is -3.00. The zero-order valence-electron chi connectivity index (χ0n) is 20.4. The van der Waals surface area contributed by atoms with E-state index in [4.69, 9.17) is 9.47 Å². The normalized spacial score (nSPS) is 19.8. The fourth-order valence-electron chi connectivity index (χ4n) is 5.47. The van der Waals surface area contributed by atoms with Gasteiger partial charge in [0.25, 0.3) is 0 Å². The maximum atomic E-state index is 13.3. The van der Waals surface area contributed by atoms with Crippen LogP contribution < -0.4 is 9.47 Å². The Morgan fingerprint density at radius 3 is 2.54 bits per heavy atom. The highest BCUT2D eigenvalue weighted by atomic mass is 32.2. The average Bonchev–Trinajstić information content (AvgIpc) is 3.35. The highest BCUT2D eigenvalue weighted by molar-refractivity contribution is 7.99. The number of hydrogen-bond donors (Lipinski definition) is 0. The maximum absolute atomic E-state index is 13.3. The van der Waals surface area contributed by atoms with Crippen LogP contribution in [0.4, 0.5) is 0 Å². The number of carbonyl (C=O) groups is 1. The predicted octanol–water partition coefficient (Wildman–Crippen LogP) is 5.22. The minimum absolute atomic E-state index is 0.203. The second kappa shape index (κ2) is 10.7. The topological polar surface area (TPSA) is 69.5 Å². The van der Waals surface area contributed by atoms with Gasteiger partial charge in [-0.2, -0.15) is 0 Å². The Kier molecular flexibility index (Phi) is 7.27. The molecule has 3 aromatic rings. The number of amides is 1. The lowest BCUT2D eigenvalue weighted by Crippen LogP contribution is -2.50. The molecule has 8 heteroatoms. The summed E-state index contributed by atoms with van der Waals surface area (Å²) in [6.07, 6.45) is 7.30. The number of benzene rings is 2. The first-order valence-electron chi connectivity index (χ1n) is 12.3. The SMILES string of the molecule is COc1ccc(-n2c(SCC(=O)N3CCCC4CCCCC43)nnc2-c2ccccc2OC)cc1. The smallest absolute Gasteiger partial charge is 0.233 e. The van der Waals surface area contributed by atoms with Gasteiger partial charge in [0.05, 0.1) is 31.2 Å². The number of ether oxygens (including phenoxy) is 2. The number of para-hydroxylation sites is 1. The van der Waals surface area contributed by atoms with Gasteiger partial charge in [0.15, 0.2) is 11.0 Å². The van der Waals surface area contributed by atoms with E-state index >= 15 is 0 Å². The van der Waals surface area contributed by atoms with Crippen molar-refractivity contribution in [1.29, 1.82) is 0 Å². The van der Waals surface area contributed by atoms with E-state index in [2.05, 4.69) is 15.1 Å². The quantitative estimate of drug-likeness (QED) is 0.421. The molecule has 2 aromatic carbocycles. The third kappa shape index (κ3) is 4.89. The molecule has 5 rings (SSSR count). The minimum atomic E-state index is 0.203. The Morgan fingerprint density at radius 2 is 1.74 bits per heavy atom. The number of hydrogen-bond acceptors (Lipinski definition) is 6. The molecule has 1 saturated carbocycles. The number of piperidine rings is 1. The molecule has 2 unspecified atom stereocenters. The monoisotopic (exact) mass is 492 g/mol. The van der Waals surface area contributed by atoms with Gasteiger partial charge in [0.2, 0.25) is 5.91 Å². The second-order valence-corrected chi connectivity index (χ2v) is 10.1. The Morgan fingerprint density at radius 1 is 0.971 bits per heavy atom. The van der Waals surface area contributed by atoms with Gasteiger partial charge >= 0.3 is 0 Å². The summed E-state index contributed by atoms with van der Waals surface area (Å²) in [7, 11) is 3.30. The molecule has 2 fully saturated rings. The van der Waals surface area contributed by atoms with Crippen molar-refractivity contribution in [2.24, 2.45) is 5.92 Å². The first kappa shape index (κ1) is 23.7. The highest BCUT2D eigenvalue weighted by Crippen LogP contribution is 2.37. The summed E-state index contributed by atoms with van der Waals surface area (Å²) >= 11 is 1.45. The van der Waals surface area contributed by atoms with Crippen LogP contribution >= 0.6 is 11.8 Å². The number of fused-ring (bicyclic) bond motifs is 1. The standard InChI is InChI=1S/C27H32N4O3S/c1-33-21-15-13-20(14-16-21)31-26(22-10-4-6-12-24(22)34-2)28-29-27(31)35-18-25(32)30-17-7-9-19-8-3-5-11-23(19)30/h4,6,10,12-16,19,23H,3,5,7-9,11,17-18H2,1-2H3. The van der Waals surface area contributed by atoms with Crippen LogP contribution in [-0.2, 0) is 4.79 Å². The summed E-state index contributed by atoms with van der Waals surface area (Å²) in [6, 6.07) is 16.0. The molecule has 0 spiro atoms. The molecule has 2 heterocycles. The Balaban J connectivity index is 1.43. The summed E-state index contributed by atoms with van der Waals surface area (Å²) in [4.78, 5) is 15.5. The Labute approximate surface area is 210 Å². The largest absolute Gasteiger partial charge is 0.497 e. The van der Waals surface area contributed by atoms with Crippen LogP contribution in [0, 0.1) is 5.92 Å². The summed E-state index contributed by atoms with van der Waals surface area (Å²) in [5.74, 6) is 3.40. The molecule has 2 atom stereocenters. The van der Waals surface area contributed by atoms with Crippen molar-refractivity contribution in [2.75, 3.05) is 26.5 Å². The fraction of sp³-hybridized carbons (Fsp3) is 0.444. The van der Waals surface area contributed by atoms with E-state index in [0.717, 1.165) is 42.1 Å². The van der Waals surface area contributed by atoms with E-state index in [9.17, 15) is 4.79 Å². The van der Waals surface area contributed by atoms with E-state index in [1.165, 1.54) is 37.4 Å². The van der Waals surface area contributed by atoms with Crippen LogP contribution in [0.15, 0.2) is 53.7 Å². The molecule has 7 nitrogen and oxygen atoms in total. The van der Waals surface area contributed by atoms with Crippen LogP contribution in [0.3, 0.4) is 0 Å². The minimum Gasteiger partial charge on any atom is -0.497 e. The van der Waals surface area contributed by atoms with Crippen molar-refractivity contribution >= 4 is 17.7 Å². The summed E-state index contributed by atoms with van der Waals surface area (Å²) in [5.41, 5.74) is 1.74. The lowest BCUT2D eigenvalue weighted by Gasteiger charge is -2.44. The number of aromatic nitrogens is 3. The summed E-state index contributed by atoms with van der Waals surface area (Å²) < 4.78 is 12.9. The number of nitrogens with zero attached hydrogens (tertiary/aromatic N) is 4. The molecule has 1 aliphatic carbocycles. The molecule has 184 valence electrons. The molecule has 0 bridgehead atoms. The lowest BCUT2D eigenvalue weighted by molar-refractivity contribution is -0.134. The second-order valence-electron chi connectivity index (χ2n) is 9.17. The van der Waals surface area contributed by atoms with Gasteiger partial charge in [-0.05, 0) is 68.0 Å². The summed E-state index contributed by atoms with van der Waals surface area (Å²) in [5, 5.41) is 9.71.